The minimum absolute atomic E-state index is 0.211. The van der Waals surface area contributed by atoms with Crippen LogP contribution < -0.4 is 4.74 Å². The Balaban J connectivity index is 3.35. The maximum absolute atomic E-state index is 10.7. The molecule has 1 rings (SSSR count). The van der Waals surface area contributed by atoms with Gasteiger partial charge in [0.15, 0.2) is 0 Å². The van der Waals surface area contributed by atoms with Crippen molar-refractivity contribution in [2.75, 3.05) is 7.11 Å². The van der Waals surface area contributed by atoms with Crippen molar-refractivity contribution in [3.05, 3.63) is 27.7 Å². The van der Waals surface area contributed by atoms with Gasteiger partial charge < -0.3 is 9.84 Å². The Morgan fingerprint density at radius 2 is 2.15 bits per heavy atom. The van der Waals surface area contributed by atoms with E-state index in [1.54, 1.807) is 12.1 Å². The number of carboxylic acid groups (broad SMARTS) is 1. The fourth-order valence-corrected chi connectivity index (χ4v) is 1.84. The van der Waals surface area contributed by atoms with E-state index in [2.05, 4.69) is 15.9 Å². The third kappa shape index (κ3) is 1.83. The molecular weight excluding hydrogens is 236 g/mol. The summed E-state index contributed by atoms with van der Waals surface area (Å²) in [5.41, 5.74) is 1.11. The second-order valence-electron chi connectivity index (χ2n) is 2.58. The summed E-state index contributed by atoms with van der Waals surface area (Å²) < 4.78 is 5.54. The monoisotopic (exact) mass is 244 g/mol. The van der Waals surface area contributed by atoms with E-state index in [0.29, 0.717) is 10.2 Å². The van der Waals surface area contributed by atoms with E-state index in [1.807, 2.05) is 6.92 Å². The van der Waals surface area contributed by atoms with E-state index in [1.165, 1.54) is 7.11 Å². The van der Waals surface area contributed by atoms with Crippen molar-refractivity contribution in [2.24, 2.45) is 0 Å². The molecule has 0 fully saturated rings. The molecule has 70 valence electrons. The summed E-state index contributed by atoms with van der Waals surface area (Å²) in [5.74, 6) is -0.398. The second-order valence-corrected chi connectivity index (χ2v) is 3.38. The summed E-state index contributed by atoms with van der Waals surface area (Å²) in [6, 6.07) is 3.26. The molecule has 0 atom stereocenters. The number of aryl methyl sites for hydroxylation is 1. The van der Waals surface area contributed by atoms with Gasteiger partial charge in [-0.05, 0) is 34.5 Å². The quantitative estimate of drug-likeness (QED) is 0.870. The maximum atomic E-state index is 10.7. The lowest BCUT2D eigenvalue weighted by Gasteiger charge is -2.08. The van der Waals surface area contributed by atoms with Gasteiger partial charge in [0.2, 0.25) is 0 Å². The van der Waals surface area contributed by atoms with Crippen LogP contribution in [-0.4, -0.2) is 18.2 Å². The number of ether oxygens (including phenoxy) is 1. The van der Waals surface area contributed by atoms with Gasteiger partial charge in [-0.1, -0.05) is 6.07 Å². The number of methoxy groups -OCH3 is 1. The highest BCUT2D eigenvalue weighted by Crippen LogP contribution is 2.31. The molecule has 1 aromatic carbocycles. The van der Waals surface area contributed by atoms with E-state index in [-0.39, 0.29) is 5.56 Å². The molecule has 0 aromatic heterocycles. The fourth-order valence-electron chi connectivity index (χ4n) is 1.07. The molecule has 0 amide bonds. The van der Waals surface area contributed by atoms with Gasteiger partial charge in [0, 0.05) is 0 Å². The highest BCUT2D eigenvalue weighted by molar-refractivity contribution is 9.10. The number of halogens is 1. The molecule has 0 aliphatic heterocycles. The van der Waals surface area contributed by atoms with E-state index < -0.39 is 5.97 Å². The normalized spacial score (nSPS) is 9.77. The molecule has 4 heteroatoms. The van der Waals surface area contributed by atoms with Crippen molar-refractivity contribution in [3.63, 3.8) is 0 Å². The van der Waals surface area contributed by atoms with Gasteiger partial charge in [-0.15, -0.1) is 0 Å². The molecule has 0 aliphatic rings. The standard InChI is InChI=1S/C9H9BrO3/c1-5-3-4-6(9(11)12)7(10)8(5)13-2/h3-4H,1-2H3,(H,11,12). The second kappa shape index (κ2) is 3.79. The minimum Gasteiger partial charge on any atom is -0.495 e. The summed E-state index contributed by atoms with van der Waals surface area (Å²) in [6.45, 7) is 1.86. The van der Waals surface area contributed by atoms with Crippen molar-refractivity contribution in [1.82, 2.24) is 0 Å². The molecule has 0 unspecified atom stereocenters. The smallest absolute Gasteiger partial charge is 0.336 e. The largest absolute Gasteiger partial charge is 0.495 e. The Labute approximate surface area is 84.5 Å². The molecule has 0 aliphatic carbocycles. The zero-order valence-corrected chi connectivity index (χ0v) is 8.88. The van der Waals surface area contributed by atoms with Crippen LogP contribution in [-0.2, 0) is 0 Å². The molecular formula is C9H9BrO3. The van der Waals surface area contributed by atoms with Crippen molar-refractivity contribution < 1.29 is 14.6 Å². The number of carbonyl (C=O) groups is 1. The predicted molar refractivity (Wildman–Crippen MR) is 52.4 cm³/mol. The van der Waals surface area contributed by atoms with Gasteiger partial charge in [0.25, 0.3) is 0 Å². The van der Waals surface area contributed by atoms with Crippen LogP contribution in [0, 0.1) is 6.92 Å². The Morgan fingerprint density at radius 1 is 1.54 bits per heavy atom. The summed E-state index contributed by atoms with van der Waals surface area (Å²) in [6.07, 6.45) is 0. The first-order chi connectivity index (χ1) is 6.07. The van der Waals surface area contributed by atoms with Crippen LogP contribution in [0.15, 0.2) is 16.6 Å². The van der Waals surface area contributed by atoms with Gasteiger partial charge in [0.1, 0.15) is 5.75 Å². The predicted octanol–water partition coefficient (Wildman–Crippen LogP) is 2.46. The van der Waals surface area contributed by atoms with E-state index in [9.17, 15) is 4.79 Å². The Bertz CT molecular complexity index is 347. The van der Waals surface area contributed by atoms with E-state index >= 15 is 0 Å². The van der Waals surface area contributed by atoms with Crippen LogP contribution in [0.25, 0.3) is 0 Å². The van der Waals surface area contributed by atoms with Gasteiger partial charge in [-0.25, -0.2) is 4.79 Å². The Hall–Kier alpha value is -1.03. The Kier molecular flexibility index (Phi) is 2.93. The third-order valence-electron chi connectivity index (χ3n) is 1.73. The van der Waals surface area contributed by atoms with Crippen molar-refractivity contribution >= 4 is 21.9 Å². The van der Waals surface area contributed by atoms with Gasteiger partial charge in [0.05, 0.1) is 17.1 Å². The van der Waals surface area contributed by atoms with Gasteiger partial charge in [-0.3, -0.25) is 0 Å². The van der Waals surface area contributed by atoms with Crippen molar-refractivity contribution in [1.29, 1.82) is 0 Å². The lowest BCUT2D eigenvalue weighted by atomic mass is 10.1. The SMILES string of the molecule is COc1c(C)ccc(C(=O)O)c1Br. The highest BCUT2D eigenvalue weighted by atomic mass is 79.9. The van der Waals surface area contributed by atoms with Gasteiger partial charge >= 0.3 is 5.97 Å². The zero-order chi connectivity index (χ0) is 10.0. The molecule has 0 spiro atoms. The van der Waals surface area contributed by atoms with E-state index in [0.717, 1.165) is 5.56 Å². The molecule has 1 N–H and O–H groups in total. The number of hydrogen-bond acceptors (Lipinski definition) is 2. The first-order valence-corrected chi connectivity index (χ1v) is 4.43. The minimum atomic E-state index is -0.967. The highest BCUT2D eigenvalue weighted by Gasteiger charge is 2.13. The average molecular weight is 245 g/mol. The lowest BCUT2D eigenvalue weighted by Crippen LogP contribution is -2.00. The topological polar surface area (TPSA) is 46.5 Å². The van der Waals surface area contributed by atoms with Crippen molar-refractivity contribution in [3.8, 4) is 5.75 Å². The number of carboxylic acids is 1. The van der Waals surface area contributed by atoms with Crippen LogP contribution in [0.3, 0.4) is 0 Å². The van der Waals surface area contributed by atoms with Crippen LogP contribution in [0.4, 0.5) is 0 Å². The Morgan fingerprint density at radius 3 is 2.62 bits per heavy atom. The summed E-state index contributed by atoms with van der Waals surface area (Å²) >= 11 is 3.19. The maximum Gasteiger partial charge on any atom is 0.336 e. The molecule has 0 radical (unpaired) electrons. The number of benzene rings is 1. The molecule has 0 saturated heterocycles. The molecule has 3 nitrogen and oxygen atoms in total. The first kappa shape index (κ1) is 10.1. The summed E-state index contributed by atoms with van der Waals surface area (Å²) in [4.78, 5) is 10.7. The van der Waals surface area contributed by atoms with Crippen LogP contribution in [0.5, 0.6) is 5.75 Å². The van der Waals surface area contributed by atoms with Gasteiger partial charge in [-0.2, -0.15) is 0 Å². The van der Waals surface area contributed by atoms with Crippen LogP contribution >= 0.6 is 15.9 Å². The number of rotatable bonds is 2. The number of hydrogen-bond donors (Lipinski definition) is 1. The fraction of sp³-hybridized carbons (Fsp3) is 0.222. The average Bonchev–Trinajstić information content (AvgIpc) is 2.04. The zero-order valence-electron chi connectivity index (χ0n) is 7.30. The molecule has 13 heavy (non-hydrogen) atoms. The molecule has 0 saturated carbocycles. The molecule has 0 bridgehead atoms. The summed E-state index contributed by atoms with van der Waals surface area (Å²) in [5, 5.41) is 8.79. The first-order valence-electron chi connectivity index (χ1n) is 3.64. The van der Waals surface area contributed by atoms with Crippen LogP contribution in [0.2, 0.25) is 0 Å². The summed E-state index contributed by atoms with van der Waals surface area (Å²) in [7, 11) is 1.51. The lowest BCUT2D eigenvalue weighted by molar-refractivity contribution is 0.0695. The van der Waals surface area contributed by atoms with Crippen LogP contribution in [0.1, 0.15) is 15.9 Å². The molecule has 0 heterocycles. The molecule has 1 aromatic rings. The third-order valence-corrected chi connectivity index (χ3v) is 2.52. The van der Waals surface area contributed by atoms with E-state index in [4.69, 9.17) is 9.84 Å². The van der Waals surface area contributed by atoms with Crippen molar-refractivity contribution in [2.45, 2.75) is 6.92 Å². The number of aromatic carboxylic acids is 1.